The van der Waals surface area contributed by atoms with Gasteiger partial charge >= 0.3 is 0 Å². The molecule has 0 aromatic heterocycles. The lowest BCUT2D eigenvalue weighted by Gasteiger charge is -2.26. The molecule has 0 saturated heterocycles. The topological polar surface area (TPSA) is 27.0 Å². The van der Waals surface area contributed by atoms with Crippen LogP contribution in [0, 0.1) is 11.3 Å². The quantitative estimate of drug-likeness (QED) is 0.750. The predicted molar refractivity (Wildman–Crippen MR) is 63.9 cm³/mol. The standard InChI is InChI=1S/C13H18N2/c1-4-11(2)15(3)13-7-5-12(6-8-13)9-10-14/h5-8,11H,4,9H2,1-3H3. The first-order chi connectivity index (χ1) is 7.19. The summed E-state index contributed by atoms with van der Waals surface area (Å²) in [6.45, 7) is 4.40. The van der Waals surface area contributed by atoms with Gasteiger partial charge in [0.15, 0.2) is 0 Å². The van der Waals surface area contributed by atoms with Gasteiger partial charge < -0.3 is 4.90 Å². The van der Waals surface area contributed by atoms with Crippen molar-refractivity contribution in [2.45, 2.75) is 32.7 Å². The SMILES string of the molecule is CCC(C)N(C)c1ccc(CC#N)cc1. The lowest BCUT2D eigenvalue weighted by Crippen LogP contribution is -2.27. The fourth-order valence-electron chi connectivity index (χ4n) is 1.47. The number of nitrogens with zero attached hydrogens (tertiary/aromatic N) is 2. The summed E-state index contributed by atoms with van der Waals surface area (Å²) in [5.74, 6) is 0. The summed E-state index contributed by atoms with van der Waals surface area (Å²) in [5, 5.41) is 8.56. The number of rotatable bonds is 4. The molecule has 0 radical (unpaired) electrons. The van der Waals surface area contributed by atoms with Gasteiger partial charge in [0, 0.05) is 18.8 Å². The molecule has 1 atom stereocenters. The van der Waals surface area contributed by atoms with E-state index < -0.39 is 0 Å². The average Bonchev–Trinajstić information content (AvgIpc) is 2.28. The maximum atomic E-state index is 8.56. The molecule has 0 aliphatic rings. The molecule has 0 aliphatic heterocycles. The Morgan fingerprint density at radius 2 is 1.93 bits per heavy atom. The second-order valence-electron chi connectivity index (χ2n) is 3.87. The lowest BCUT2D eigenvalue weighted by molar-refractivity contribution is 0.664. The van der Waals surface area contributed by atoms with Crippen LogP contribution in [0.2, 0.25) is 0 Å². The zero-order valence-corrected chi connectivity index (χ0v) is 9.70. The summed E-state index contributed by atoms with van der Waals surface area (Å²) in [7, 11) is 2.10. The van der Waals surface area contributed by atoms with Crippen molar-refractivity contribution in [1.29, 1.82) is 5.26 Å². The second-order valence-corrected chi connectivity index (χ2v) is 3.87. The number of hydrogen-bond acceptors (Lipinski definition) is 2. The van der Waals surface area contributed by atoms with Gasteiger partial charge in [-0.2, -0.15) is 5.26 Å². The third-order valence-electron chi connectivity index (χ3n) is 2.88. The maximum Gasteiger partial charge on any atom is 0.0669 e. The first-order valence-electron chi connectivity index (χ1n) is 5.37. The summed E-state index contributed by atoms with van der Waals surface area (Å²) < 4.78 is 0. The van der Waals surface area contributed by atoms with Gasteiger partial charge in [0.05, 0.1) is 12.5 Å². The summed E-state index contributed by atoms with van der Waals surface area (Å²) in [6.07, 6.45) is 1.63. The summed E-state index contributed by atoms with van der Waals surface area (Å²) >= 11 is 0. The fraction of sp³-hybridized carbons (Fsp3) is 0.462. The first-order valence-corrected chi connectivity index (χ1v) is 5.37. The highest BCUT2D eigenvalue weighted by Gasteiger charge is 2.06. The van der Waals surface area contributed by atoms with E-state index in [0.717, 1.165) is 12.0 Å². The first kappa shape index (κ1) is 11.6. The fourth-order valence-corrected chi connectivity index (χ4v) is 1.47. The summed E-state index contributed by atoms with van der Waals surface area (Å²) in [4.78, 5) is 2.26. The van der Waals surface area contributed by atoms with Crippen LogP contribution in [0.4, 0.5) is 5.69 Å². The van der Waals surface area contributed by atoms with Crippen molar-refractivity contribution in [2.24, 2.45) is 0 Å². The highest BCUT2D eigenvalue weighted by atomic mass is 15.1. The molecule has 1 aromatic carbocycles. The Morgan fingerprint density at radius 1 is 1.33 bits per heavy atom. The molecule has 0 fully saturated rings. The van der Waals surface area contributed by atoms with Crippen LogP contribution in [-0.4, -0.2) is 13.1 Å². The maximum absolute atomic E-state index is 8.56. The smallest absolute Gasteiger partial charge is 0.0669 e. The molecule has 1 unspecified atom stereocenters. The van der Waals surface area contributed by atoms with Crippen molar-refractivity contribution in [2.75, 3.05) is 11.9 Å². The van der Waals surface area contributed by atoms with Crippen LogP contribution in [0.25, 0.3) is 0 Å². The number of benzene rings is 1. The largest absolute Gasteiger partial charge is 0.372 e. The van der Waals surface area contributed by atoms with Gasteiger partial charge in [-0.15, -0.1) is 0 Å². The Labute approximate surface area is 92.1 Å². The Bertz CT molecular complexity index is 335. The average molecular weight is 202 g/mol. The van der Waals surface area contributed by atoms with Crippen LogP contribution in [0.5, 0.6) is 0 Å². The van der Waals surface area contributed by atoms with Gasteiger partial charge in [-0.05, 0) is 31.0 Å². The molecule has 2 nitrogen and oxygen atoms in total. The normalized spacial score (nSPS) is 11.9. The van der Waals surface area contributed by atoms with E-state index in [-0.39, 0.29) is 0 Å². The molecule has 0 amide bonds. The molecule has 80 valence electrons. The van der Waals surface area contributed by atoms with E-state index >= 15 is 0 Å². The highest BCUT2D eigenvalue weighted by Crippen LogP contribution is 2.17. The van der Waals surface area contributed by atoms with E-state index in [0.29, 0.717) is 12.5 Å². The zero-order valence-electron chi connectivity index (χ0n) is 9.70. The van der Waals surface area contributed by atoms with E-state index in [1.807, 2.05) is 12.1 Å². The molecular weight excluding hydrogens is 184 g/mol. The summed E-state index contributed by atoms with van der Waals surface area (Å²) in [5.41, 5.74) is 2.30. The molecule has 0 spiro atoms. The number of hydrogen-bond donors (Lipinski definition) is 0. The van der Waals surface area contributed by atoms with Crippen molar-refractivity contribution < 1.29 is 0 Å². The van der Waals surface area contributed by atoms with E-state index in [9.17, 15) is 0 Å². The Kier molecular flexibility index (Phi) is 4.17. The van der Waals surface area contributed by atoms with Crippen molar-refractivity contribution in [1.82, 2.24) is 0 Å². The molecule has 2 heteroatoms. The van der Waals surface area contributed by atoms with Crippen LogP contribution in [-0.2, 0) is 6.42 Å². The van der Waals surface area contributed by atoms with Crippen LogP contribution < -0.4 is 4.90 Å². The van der Waals surface area contributed by atoms with Crippen LogP contribution in [0.1, 0.15) is 25.8 Å². The number of nitriles is 1. The van der Waals surface area contributed by atoms with E-state index in [4.69, 9.17) is 5.26 Å². The Balaban J connectivity index is 2.76. The molecule has 1 aromatic rings. The Hall–Kier alpha value is -1.49. The third kappa shape index (κ3) is 2.99. The van der Waals surface area contributed by atoms with E-state index in [1.165, 1.54) is 5.69 Å². The van der Waals surface area contributed by atoms with Gasteiger partial charge in [0.2, 0.25) is 0 Å². The van der Waals surface area contributed by atoms with E-state index in [1.54, 1.807) is 0 Å². The molecular formula is C13H18N2. The van der Waals surface area contributed by atoms with Gasteiger partial charge in [0.25, 0.3) is 0 Å². The van der Waals surface area contributed by atoms with Gasteiger partial charge in [-0.25, -0.2) is 0 Å². The minimum atomic E-state index is 0.493. The highest BCUT2D eigenvalue weighted by molar-refractivity contribution is 5.47. The molecule has 0 heterocycles. The van der Waals surface area contributed by atoms with Crippen LogP contribution in [0.3, 0.4) is 0 Å². The monoisotopic (exact) mass is 202 g/mol. The molecule has 1 rings (SSSR count). The van der Waals surface area contributed by atoms with Crippen LogP contribution >= 0.6 is 0 Å². The lowest BCUT2D eigenvalue weighted by atomic mass is 10.1. The van der Waals surface area contributed by atoms with Crippen molar-refractivity contribution >= 4 is 5.69 Å². The zero-order chi connectivity index (χ0) is 11.3. The second kappa shape index (κ2) is 5.41. The van der Waals surface area contributed by atoms with Gasteiger partial charge in [0.1, 0.15) is 0 Å². The van der Waals surface area contributed by atoms with Crippen molar-refractivity contribution in [3.63, 3.8) is 0 Å². The Morgan fingerprint density at radius 3 is 2.40 bits per heavy atom. The summed E-state index contributed by atoms with van der Waals surface area (Å²) in [6, 6.07) is 10.9. The number of anilines is 1. The van der Waals surface area contributed by atoms with Gasteiger partial charge in [-0.1, -0.05) is 19.1 Å². The van der Waals surface area contributed by atoms with Crippen LogP contribution in [0.15, 0.2) is 24.3 Å². The van der Waals surface area contributed by atoms with Crippen molar-refractivity contribution in [3.05, 3.63) is 29.8 Å². The molecule has 0 N–H and O–H groups in total. The predicted octanol–water partition coefficient (Wildman–Crippen LogP) is 2.99. The minimum absolute atomic E-state index is 0.493. The molecule has 0 saturated carbocycles. The molecule has 15 heavy (non-hydrogen) atoms. The van der Waals surface area contributed by atoms with Crippen molar-refractivity contribution in [3.8, 4) is 6.07 Å². The molecule has 0 bridgehead atoms. The minimum Gasteiger partial charge on any atom is -0.372 e. The molecule has 0 aliphatic carbocycles. The van der Waals surface area contributed by atoms with E-state index in [2.05, 4.69) is 44.0 Å². The third-order valence-corrected chi connectivity index (χ3v) is 2.88. The van der Waals surface area contributed by atoms with Gasteiger partial charge in [-0.3, -0.25) is 0 Å².